The van der Waals surface area contributed by atoms with Crippen molar-refractivity contribution >= 4 is 0 Å². The summed E-state index contributed by atoms with van der Waals surface area (Å²) in [5.41, 5.74) is 2.81. The van der Waals surface area contributed by atoms with Crippen molar-refractivity contribution in [1.82, 2.24) is 0 Å². The number of hydrogen-bond acceptors (Lipinski definition) is 0. The Balaban J connectivity index is 2.69. The lowest BCUT2D eigenvalue weighted by Crippen LogP contribution is -1.86. The summed E-state index contributed by atoms with van der Waals surface area (Å²) in [6, 6.07) is 0. The average Bonchev–Trinajstić information content (AvgIpc) is 2.15. The molecule has 0 aromatic heterocycles. The van der Waals surface area contributed by atoms with Crippen LogP contribution in [0.25, 0.3) is 0 Å². The van der Waals surface area contributed by atoms with E-state index in [2.05, 4.69) is 57.2 Å². The molecule has 0 aromatic rings. The molecule has 0 radical (unpaired) electrons. The molecule has 70 valence electrons. The molecule has 0 nitrogen and oxygen atoms in total. The molecule has 1 aliphatic rings. The van der Waals surface area contributed by atoms with Gasteiger partial charge in [0.15, 0.2) is 0 Å². The molecule has 0 spiro atoms. The van der Waals surface area contributed by atoms with Crippen molar-refractivity contribution in [1.29, 1.82) is 0 Å². The van der Waals surface area contributed by atoms with Gasteiger partial charge in [-0.25, -0.2) is 0 Å². The van der Waals surface area contributed by atoms with Gasteiger partial charge in [-0.05, 0) is 30.4 Å². The maximum absolute atomic E-state index is 2.24. The van der Waals surface area contributed by atoms with Crippen molar-refractivity contribution in [2.24, 2.45) is 5.92 Å². The van der Waals surface area contributed by atoms with Crippen LogP contribution in [0, 0.1) is 5.92 Å². The van der Waals surface area contributed by atoms with Crippen molar-refractivity contribution in [2.45, 2.75) is 27.2 Å². The van der Waals surface area contributed by atoms with Crippen LogP contribution in [0.5, 0.6) is 0 Å². The van der Waals surface area contributed by atoms with E-state index in [1.807, 2.05) is 0 Å². The Morgan fingerprint density at radius 2 is 2.15 bits per heavy atom. The predicted octanol–water partition coefficient (Wildman–Crippen LogP) is 4.03. The molecule has 0 aliphatic heterocycles. The molecule has 0 heteroatoms. The summed E-state index contributed by atoms with van der Waals surface area (Å²) in [5.74, 6) is 0.638. The fourth-order valence-corrected chi connectivity index (χ4v) is 1.25. The van der Waals surface area contributed by atoms with Crippen LogP contribution >= 0.6 is 0 Å². The predicted molar refractivity (Wildman–Crippen MR) is 59.6 cm³/mol. The van der Waals surface area contributed by atoms with Crippen LogP contribution in [0.1, 0.15) is 27.2 Å². The zero-order chi connectivity index (χ0) is 9.68. The maximum Gasteiger partial charge on any atom is -0.00917 e. The molecule has 1 aliphatic carbocycles. The lowest BCUT2D eigenvalue weighted by atomic mass is 10.0. The van der Waals surface area contributed by atoms with E-state index in [0.29, 0.717) is 5.92 Å². The minimum absolute atomic E-state index is 0.638. The molecule has 0 unspecified atom stereocenters. The zero-order valence-corrected chi connectivity index (χ0v) is 8.75. The van der Waals surface area contributed by atoms with Gasteiger partial charge in [0.25, 0.3) is 0 Å². The lowest BCUT2D eigenvalue weighted by Gasteiger charge is -2.05. The Bertz CT molecular complexity index is 272. The van der Waals surface area contributed by atoms with Crippen LogP contribution < -0.4 is 0 Å². The van der Waals surface area contributed by atoms with Crippen LogP contribution in [0.3, 0.4) is 0 Å². The van der Waals surface area contributed by atoms with Gasteiger partial charge in [0.1, 0.15) is 0 Å². The van der Waals surface area contributed by atoms with Crippen molar-refractivity contribution in [3.05, 3.63) is 47.6 Å². The van der Waals surface area contributed by atoms with Crippen LogP contribution in [0.15, 0.2) is 47.6 Å². The first-order chi connectivity index (χ1) is 6.20. The highest BCUT2D eigenvalue weighted by Crippen LogP contribution is 2.16. The minimum Gasteiger partial charge on any atom is -0.0817 e. The van der Waals surface area contributed by atoms with E-state index >= 15 is 0 Å². The average molecular weight is 174 g/mol. The monoisotopic (exact) mass is 174 g/mol. The molecule has 0 fully saturated rings. The maximum atomic E-state index is 2.24. The third kappa shape index (κ3) is 3.45. The Hall–Kier alpha value is -1.04. The molecule has 0 saturated heterocycles. The van der Waals surface area contributed by atoms with Crippen LogP contribution in [0.2, 0.25) is 0 Å². The second-order valence-electron chi connectivity index (χ2n) is 3.80. The van der Waals surface area contributed by atoms with Gasteiger partial charge in [0, 0.05) is 0 Å². The Morgan fingerprint density at radius 3 is 2.69 bits per heavy atom. The fourth-order valence-electron chi connectivity index (χ4n) is 1.25. The second kappa shape index (κ2) is 4.86. The minimum atomic E-state index is 0.638. The summed E-state index contributed by atoms with van der Waals surface area (Å²) in [4.78, 5) is 0. The van der Waals surface area contributed by atoms with Crippen LogP contribution in [0.4, 0.5) is 0 Å². The van der Waals surface area contributed by atoms with E-state index in [1.165, 1.54) is 11.1 Å². The quantitative estimate of drug-likeness (QED) is 0.593. The first-order valence-electron chi connectivity index (χ1n) is 4.91. The molecule has 0 N–H and O–H groups in total. The zero-order valence-electron chi connectivity index (χ0n) is 8.75. The Kier molecular flexibility index (Phi) is 3.75. The summed E-state index contributed by atoms with van der Waals surface area (Å²) in [6.07, 6.45) is 14.1. The van der Waals surface area contributed by atoms with Gasteiger partial charge in [0.05, 0.1) is 0 Å². The van der Waals surface area contributed by atoms with E-state index in [4.69, 9.17) is 0 Å². The van der Waals surface area contributed by atoms with Gasteiger partial charge in [0.2, 0.25) is 0 Å². The third-order valence-corrected chi connectivity index (χ3v) is 2.12. The molecular formula is C13H18. The first kappa shape index (κ1) is 10.0. The summed E-state index contributed by atoms with van der Waals surface area (Å²) in [6.45, 7) is 6.58. The van der Waals surface area contributed by atoms with Gasteiger partial charge in [-0.3, -0.25) is 0 Å². The molecule has 0 aromatic carbocycles. The molecule has 0 bridgehead atoms. The summed E-state index contributed by atoms with van der Waals surface area (Å²) >= 11 is 0. The van der Waals surface area contributed by atoms with Gasteiger partial charge in [-0.15, -0.1) is 0 Å². The van der Waals surface area contributed by atoms with Crippen molar-refractivity contribution < 1.29 is 0 Å². The number of allylic oxidation sites excluding steroid dienone is 8. The van der Waals surface area contributed by atoms with Crippen LogP contribution in [-0.4, -0.2) is 0 Å². The molecule has 13 heavy (non-hydrogen) atoms. The summed E-state index contributed by atoms with van der Waals surface area (Å²) < 4.78 is 0. The van der Waals surface area contributed by atoms with Gasteiger partial charge in [-0.2, -0.15) is 0 Å². The normalized spacial score (nSPS) is 20.3. The molecule has 0 heterocycles. The van der Waals surface area contributed by atoms with Crippen molar-refractivity contribution in [3.63, 3.8) is 0 Å². The molecule has 1 rings (SSSR count). The molecule has 0 saturated carbocycles. The second-order valence-corrected chi connectivity index (χ2v) is 3.80. The number of hydrogen-bond donors (Lipinski definition) is 0. The standard InChI is InChI=1S/C13H18/c1-11(2)9-10-12(3)13-7-5-4-6-8-13/h4-7,9-11H,8H2,1-3H3/b10-9-,13-12+. The van der Waals surface area contributed by atoms with Crippen molar-refractivity contribution in [3.8, 4) is 0 Å². The summed E-state index contributed by atoms with van der Waals surface area (Å²) in [7, 11) is 0. The molecule has 0 atom stereocenters. The number of rotatable bonds is 2. The van der Waals surface area contributed by atoms with Gasteiger partial charge in [-0.1, -0.05) is 50.3 Å². The van der Waals surface area contributed by atoms with Crippen molar-refractivity contribution in [2.75, 3.05) is 0 Å². The highest BCUT2D eigenvalue weighted by Gasteiger charge is 1.96. The largest absolute Gasteiger partial charge is 0.0817 e. The van der Waals surface area contributed by atoms with Gasteiger partial charge < -0.3 is 0 Å². The summed E-state index contributed by atoms with van der Waals surface area (Å²) in [5, 5.41) is 0. The van der Waals surface area contributed by atoms with E-state index in [0.717, 1.165) is 6.42 Å². The van der Waals surface area contributed by atoms with E-state index < -0.39 is 0 Å². The van der Waals surface area contributed by atoms with Crippen LogP contribution in [-0.2, 0) is 0 Å². The smallest absolute Gasteiger partial charge is 0.00917 e. The molecule has 0 amide bonds. The lowest BCUT2D eigenvalue weighted by molar-refractivity contribution is 0.830. The Labute approximate surface area is 81.4 Å². The third-order valence-electron chi connectivity index (χ3n) is 2.12. The topological polar surface area (TPSA) is 0 Å². The SMILES string of the molecule is CC(/C=C\C(C)C)=C1/C=CC=CC1. The first-order valence-corrected chi connectivity index (χ1v) is 4.91. The Morgan fingerprint density at radius 1 is 1.38 bits per heavy atom. The van der Waals surface area contributed by atoms with E-state index in [1.54, 1.807) is 0 Å². The molecular weight excluding hydrogens is 156 g/mol. The fraction of sp³-hybridized carbons (Fsp3) is 0.385. The van der Waals surface area contributed by atoms with Gasteiger partial charge >= 0.3 is 0 Å². The van der Waals surface area contributed by atoms with E-state index in [-0.39, 0.29) is 0 Å². The van der Waals surface area contributed by atoms with E-state index in [9.17, 15) is 0 Å². The highest BCUT2D eigenvalue weighted by molar-refractivity contribution is 5.37. The highest BCUT2D eigenvalue weighted by atomic mass is 14.0.